The summed E-state index contributed by atoms with van der Waals surface area (Å²) in [5, 5.41) is 22.1. The van der Waals surface area contributed by atoms with Crippen molar-refractivity contribution in [1.29, 1.82) is 0 Å². The Morgan fingerprint density at radius 1 is 0.617 bits per heavy atom. The number of nitrogens with two attached hydrogens (primary N) is 2. The maximum Gasteiger partial charge on any atom is 0.133 e. The molecule has 8 rings (SSSR count). The van der Waals surface area contributed by atoms with Gasteiger partial charge >= 0.3 is 0 Å². The molecule has 6 aromatic rings. The fraction of sp³-hybridized carbons (Fsp3) is 0.243. The van der Waals surface area contributed by atoms with E-state index < -0.39 is 0 Å². The van der Waals surface area contributed by atoms with E-state index in [1.807, 2.05) is 36.7 Å². The van der Waals surface area contributed by atoms with Gasteiger partial charge < -0.3 is 31.6 Å². The summed E-state index contributed by atoms with van der Waals surface area (Å²) >= 11 is 0. The van der Waals surface area contributed by atoms with Crippen molar-refractivity contribution in [3.63, 3.8) is 0 Å². The van der Waals surface area contributed by atoms with Crippen molar-refractivity contribution in [1.82, 2.24) is 19.9 Å². The topological polar surface area (TPSA) is 175 Å². The van der Waals surface area contributed by atoms with Crippen LogP contribution in [0.1, 0.15) is 43.8 Å². The van der Waals surface area contributed by atoms with Crippen LogP contribution in [-0.2, 0) is 12.8 Å². The predicted octanol–water partition coefficient (Wildman–Crippen LogP) is 6.26. The maximum absolute atomic E-state index is 9.10. The Morgan fingerprint density at radius 2 is 1.11 bits per heavy atom. The summed E-state index contributed by atoms with van der Waals surface area (Å²) in [7, 11) is 0. The van der Waals surface area contributed by atoms with Crippen LogP contribution in [-0.4, -0.2) is 68.9 Å². The van der Waals surface area contributed by atoms with Gasteiger partial charge in [0.05, 0.1) is 35.2 Å². The van der Waals surface area contributed by atoms with Gasteiger partial charge in [0.2, 0.25) is 0 Å². The zero-order valence-corrected chi connectivity index (χ0v) is 24.7. The van der Waals surface area contributed by atoms with Crippen LogP contribution in [0.2, 0.25) is 0 Å². The minimum absolute atomic E-state index is 0. The lowest BCUT2D eigenvalue weighted by molar-refractivity contribution is 0.288. The van der Waals surface area contributed by atoms with E-state index in [2.05, 4.69) is 66.3 Å². The number of H-pyrrole nitrogens is 2. The fourth-order valence-corrected chi connectivity index (χ4v) is 6.03. The van der Waals surface area contributed by atoms with E-state index in [4.69, 9.17) is 21.7 Å². The van der Waals surface area contributed by atoms with Crippen molar-refractivity contribution in [2.45, 2.75) is 34.1 Å². The zero-order chi connectivity index (χ0) is 30.9. The van der Waals surface area contributed by atoms with Gasteiger partial charge in [-0.15, -0.1) is 0 Å². The second-order valence-electron chi connectivity index (χ2n) is 11.3. The standard InChI is InChI=1S/C18H18N4O.C17H16N4O.2CH4/c19-18-15-9-13(2-1-7-23)21-17(15)14-4-3-11(8-16(14)22-18)12-5-6-20-10-12;18-17-14-8-12(4-6-22)20-16(14)13-2-1-10(7-15(13)21-17)11-3-5-19-9-11;;/h3-6,8-9,21,23H,1-2,7,10H2,(H2,19,22);1-3,5,7-8,20,22H,4,6,9H2,(H2,18,21);2*1H4. The predicted molar refractivity (Wildman–Crippen MR) is 198 cm³/mol. The van der Waals surface area contributed by atoms with Gasteiger partial charge in [-0.3, -0.25) is 9.98 Å². The fourth-order valence-electron chi connectivity index (χ4n) is 6.03. The lowest BCUT2D eigenvalue weighted by atomic mass is 10.0. The summed E-state index contributed by atoms with van der Waals surface area (Å²) in [4.78, 5) is 24.3. The molecule has 0 amide bonds. The first-order valence-electron chi connectivity index (χ1n) is 15.0. The van der Waals surface area contributed by atoms with E-state index in [0.29, 0.717) is 24.6 Å². The molecule has 2 aliphatic heterocycles. The lowest BCUT2D eigenvalue weighted by Crippen LogP contribution is -1.93. The summed E-state index contributed by atoms with van der Waals surface area (Å²) in [5.41, 5.74) is 22.7. The Kier molecular flexibility index (Phi) is 9.83. The van der Waals surface area contributed by atoms with Gasteiger partial charge in [0.15, 0.2) is 0 Å². The molecule has 0 aliphatic carbocycles. The van der Waals surface area contributed by atoms with Crippen LogP contribution in [0.3, 0.4) is 0 Å². The molecule has 0 saturated carbocycles. The monoisotopic (exact) mass is 630 g/mol. The van der Waals surface area contributed by atoms with Crippen molar-refractivity contribution in [2.75, 3.05) is 37.8 Å². The van der Waals surface area contributed by atoms with Crippen LogP contribution in [0, 0.1) is 0 Å². The molecule has 10 nitrogen and oxygen atoms in total. The number of nitrogen functional groups attached to an aromatic ring is 2. The smallest absolute Gasteiger partial charge is 0.133 e. The summed E-state index contributed by atoms with van der Waals surface area (Å²) in [6.45, 7) is 1.73. The number of aromatic amines is 2. The average Bonchev–Trinajstić information content (AvgIpc) is 3.87. The summed E-state index contributed by atoms with van der Waals surface area (Å²) in [5.74, 6) is 1.05. The van der Waals surface area contributed by atoms with E-state index in [1.165, 1.54) is 11.1 Å². The van der Waals surface area contributed by atoms with Crippen molar-refractivity contribution >= 4 is 78.8 Å². The van der Waals surface area contributed by atoms with Crippen LogP contribution in [0.15, 0.2) is 70.7 Å². The molecule has 0 fully saturated rings. The van der Waals surface area contributed by atoms with E-state index in [1.54, 1.807) is 0 Å². The molecule has 0 saturated heterocycles. The number of rotatable bonds is 7. The van der Waals surface area contributed by atoms with Crippen LogP contribution >= 0.6 is 0 Å². The maximum atomic E-state index is 9.10. The largest absolute Gasteiger partial charge is 0.396 e. The molecular weight excluding hydrogens is 588 g/mol. The number of benzene rings is 2. The van der Waals surface area contributed by atoms with Gasteiger partial charge in [-0.1, -0.05) is 39.1 Å². The number of hydrogen-bond donors (Lipinski definition) is 6. The first-order chi connectivity index (χ1) is 22.0. The summed E-state index contributed by atoms with van der Waals surface area (Å²) < 4.78 is 0. The Hall–Kier alpha value is -5.32. The molecule has 0 spiro atoms. The molecule has 8 N–H and O–H groups in total. The normalized spacial score (nSPS) is 13.5. The lowest BCUT2D eigenvalue weighted by Gasteiger charge is -2.06. The van der Waals surface area contributed by atoms with Gasteiger partial charge in [-0.05, 0) is 71.5 Å². The van der Waals surface area contributed by atoms with Crippen LogP contribution in [0.4, 0.5) is 11.6 Å². The summed E-state index contributed by atoms with van der Waals surface area (Å²) in [6.07, 6.45) is 9.84. The van der Waals surface area contributed by atoms with Gasteiger partial charge in [-0.25, -0.2) is 9.97 Å². The number of fused-ring (bicyclic) bond motifs is 6. The third kappa shape index (κ3) is 6.38. The third-order valence-electron chi connectivity index (χ3n) is 8.33. The number of hydrogen-bond acceptors (Lipinski definition) is 8. The molecule has 0 radical (unpaired) electrons. The molecule has 0 atom stereocenters. The van der Waals surface area contributed by atoms with Crippen molar-refractivity contribution in [3.8, 4) is 0 Å². The third-order valence-corrected chi connectivity index (χ3v) is 8.33. The first-order valence-corrected chi connectivity index (χ1v) is 15.0. The van der Waals surface area contributed by atoms with E-state index in [-0.39, 0.29) is 28.1 Å². The number of aliphatic hydroxyl groups is 2. The van der Waals surface area contributed by atoms with Gasteiger partial charge in [0.25, 0.3) is 0 Å². The molecular formula is C37H42N8O2. The quantitative estimate of drug-likeness (QED) is 0.121. The Balaban J connectivity index is 0.000000177. The molecule has 242 valence electrons. The number of anilines is 2. The number of aliphatic hydroxyl groups excluding tert-OH is 2. The van der Waals surface area contributed by atoms with E-state index in [9.17, 15) is 0 Å². The Bertz CT molecular complexity index is 2200. The number of nitrogens with zero attached hydrogens (tertiary/aromatic N) is 4. The van der Waals surface area contributed by atoms with Crippen LogP contribution in [0.5, 0.6) is 0 Å². The molecule has 4 aromatic heterocycles. The highest BCUT2D eigenvalue weighted by molar-refractivity contribution is 6.10. The second kappa shape index (κ2) is 14.0. The van der Waals surface area contributed by atoms with E-state index >= 15 is 0 Å². The summed E-state index contributed by atoms with van der Waals surface area (Å²) in [6, 6.07) is 16.5. The first kappa shape index (κ1) is 33.1. The zero-order valence-electron chi connectivity index (χ0n) is 24.7. The number of allylic oxidation sites excluding steroid dienone is 2. The molecule has 47 heavy (non-hydrogen) atoms. The molecule has 2 aromatic carbocycles. The molecule has 0 bridgehead atoms. The molecule has 6 heterocycles. The highest BCUT2D eigenvalue weighted by atomic mass is 16.3. The minimum Gasteiger partial charge on any atom is -0.396 e. The second-order valence-corrected chi connectivity index (χ2v) is 11.3. The van der Waals surface area contributed by atoms with E-state index in [0.717, 1.165) is 85.5 Å². The number of pyridine rings is 2. The van der Waals surface area contributed by atoms with Gasteiger partial charge in [0, 0.05) is 65.0 Å². The number of nitrogens with one attached hydrogen (secondary N) is 2. The number of aromatic nitrogens is 4. The van der Waals surface area contributed by atoms with Crippen molar-refractivity contribution in [3.05, 3.63) is 83.2 Å². The molecule has 10 heteroatoms. The number of aliphatic imine (C=N–C) groups is 2. The molecule has 0 unspecified atom stereocenters. The number of aryl methyl sites for hydroxylation is 1. The Morgan fingerprint density at radius 3 is 1.53 bits per heavy atom. The van der Waals surface area contributed by atoms with Crippen molar-refractivity contribution < 1.29 is 10.2 Å². The highest BCUT2D eigenvalue weighted by Gasteiger charge is 2.14. The Labute approximate surface area is 273 Å². The van der Waals surface area contributed by atoms with Crippen molar-refractivity contribution in [2.24, 2.45) is 9.98 Å². The SMILES string of the molecule is C.C.Nc1nc2cc(C3=CC=NC3)ccc2c2[nH]c(CCCO)cc12.Nc1nc2cc(C3=CC=NC3)ccc2c2[nH]c(CCO)cc12. The molecule has 2 aliphatic rings. The minimum atomic E-state index is 0. The van der Waals surface area contributed by atoms with Gasteiger partial charge in [0.1, 0.15) is 11.6 Å². The van der Waals surface area contributed by atoms with Crippen LogP contribution < -0.4 is 11.5 Å². The average molecular weight is 631 g/mol. The highest BCUT2D eigenvalue weighted by Crippen LogP contribution is 2.32. The van der Waals surface area contributed by atoms with Crippen LogP contribution in [0.25, 0.3) is 54.8 Å². The van der Waals surface area contributed by atoms with Gasteiger partial charge in [-0.2, -0.15) is 0 Å².